The first kappa shape index (κ1) is 25.8. The molecule has 2 N–H and O–H groups in total. The number of hydrogen-bond acceptors (Lipinski definition) is 4. The van der Waals surface area contributed by atoms with Gasteiger partial charge in [0, 0.05) is 11.6 Å². The summed E-state index contributed by atoms with van der Waals surface area (Å²) in [6, 6.07) is 9.61. The Bertz CT molecular complexity index is 1430. The van der Waals surface area contributed by atoms with Crippen molar-refractivity contribution in [1.82, 2.24) is 9.55 Å². The first-order valence-electron chi connectivity index (χ1n) is 12.4. The van der Waals surface area contributed by atoms with E-state index >= 15 is 0 Å². The second-order valence-electron chi connectivity index (χ2n) is 10.3. The fourth-order valence-corrected chi connectivity index (χ4v) is 11.1. The van der Waals surface area contributed by atoms with Crippen LogP contribution in [-0.4, -0.2) is 30.1 Å². The highest BCUT2D eigenvalue weighted by Gasteiger charge is 2.48. The van der Waals surface area contributed by atoms with Crippen molar-refractivity contribution < 1.29 is 18.7 Å². The number of aromatic hydroxyl groups is 1. The number of rotatable bonds is 8. The number of H-pyrrole nitrogens is 1. The van der Waals surface area contributed by atoms with Crippen LogP contribution in [0.15, 0.2) is 47.4 Å². The summed E-state index contributed by atoms with van der Waals surface area (Å²) >= 11 is 0. The molecule has 6 nitrogen and oxygen atoms in total. The fourth-order valence-electron chi connectivity index (χ4n) is 5.85. The van der Waals surface area contributed by atoms with E-state index in [1.165, 1.54) is 23.8 Å². The molecule has 8 heteroatoms. The number of benzene rings is 2. The molecular weight excluding hydrogens is 475 g/mol. The molecule has 4 rings (SSSR count). The van der Waals surface area contributed by atoms with Crippen LogP contribution in [0, 0.1) is 5.82 Å². The Hall–Kier alpha value is -3.26. The summed E-state index contributed by atoms with van der Waals surface area (Å²) in [5.74, 6) is 0.315. The zero-order valence-corrected chi connectivity index (χ0v) is 23.0. The number of pyridine rings is 1. The summed E-state index contributed by atoms with van der Waals surface area (Å²) in [6.45, 7) is 13.2. The lowest BCUT2D eigenvalue weighted by Crippen LogP contribution is -2.50. The largest absolute Gasteiger partial charge is 0.541 e. The zero-order valence-electron chi connectivity index (χ0n) is 22.0. The van der Waals surface area contributed by atoms with Crippen molar-refractivity contribution in [3.63, 3.8) is 0 Å². The number of ether oxygens (including phenoxy) is 1. The summed E-state index contributed by atoms with van der Waals surface area (Å²) in [6.07, 6.45) is 1.80. The molecular formula is C28H35FN2O4Si. The highest BCUT2D eigenvalue weighted by atomic mass is 28.4. The third-order valence-corrected chi connectivity index (χ3v) is 13.4. The van der Waals surface area contributed by atoms with E-state index in [0.29, 0.717) is 33.4 Å². The van der Waals surface area contributed by atoms with Crippen molar-refractivity contribution in [2.45, 2.75) is 64.7 Å². The summed E-state index contributed by atoms with van der Waals surface area (Å²) in [5.41, 5.74) is 1.83. The molecule has 2 aromatic heterocycles. The van der Waals surface area contributed by atoms with Gasteiger partial charge in [0.25, 0.3) is 13.9 Å². The van der Waals surface area contributed by atoms with Gasteiger partial charge in [-0.05, 0) is 46.5 Å². The minimum atomic E-state index is -2.47. The van der Waals surface area contributed by atoms with Gasteiger partial charge in [-0.15, -0.1) is 0 Å². The number of aromatic amines is 1. The first-order chi connectivity index (χ1) is 17.0. The molecule has 0 bridgehead atoms. The standard InChI is InChI=1S/C28H35FN2O4Si/c1-16(2)36(17(3)4,18(5)6)35-26-23-22(25(34-7)21-9-8-14-30-24(21)26)27(32)31(28(23)33)15-19-10-12-20(29)13-11-19/h8-14,16-18,30,33H,15H2,1-7H3. The van der Waals surface area contributed by atoms with Gasteiger partial charge in [0.15, 0.2) is 0 Å². The van der Waals surface area contributed by atoms with E-state index in [-0.39, 0.29) is 45.8 Å². The number of fused-ring (bicyclic) bond motifs is 2. The number of hydrogen-bond donors (Lipinski definition) is 2. The van der Waals surface area contributed by atoms with Gasteiger partial charge in [-0.3, -0.25) is 9.36 Å². The van der Waals surface area contributed by atoms with Crippen molar-refractivity contribution in [3.05, 3.63) is 64.3 Å². The average Bonchev–Trinajstić information content (AvgIpc) is 3.07. The predicted octanol–water partition coefficient (Wildman–Crippen LogP) is 6.94. The normalized spacial score (nSPS) is 12.4. The minimum Gasteiger partial charge on any atom is -0.541 e. The van der Waals surface area contributed by atoms with E-state index in [1.807, 2.05) is 12.1 Å². The molecule has 0 radical (unpaired) electrons. The maximum Gasteiger partial charge on any atom is 0.265 e. The van der Waals surface area contributed by atoms with Crippen LogP contribution in [0.1, 0.15) is 47.1 Å². The van der Waals surface area contributed by atoms with Crippen LogP contribution in [0.2, 0.25) is 16.6 Å². The van der Waals surface area contributed by atoms with E-state index in [1.54, 1.807) is 18.3 Å². The zero-order chi connectivity index (χ0) is 26.4. The lowest BCUT2D eigenvalue weighted by atomic mass is 10.1. The Labute approximate surface area is 211 Å². The Kier molecular flexibility index (Phi) is 6.92. The predicted molar refractivity (Wildman–Crippen MR) is 145 cm³/mol. The number of nitrogens with zero attached hydrogens (tertiary/aromatic N) is 1. The highest BCUT2D eigenvalue weighted by molar-refractivity contribution is 6.78. The molecule has 2 heterocycles. The van der Waals surface area contributed by atoms with Crippen LogP contribution in [-0.2, 0) is 6.54 Å². The van der Waals surface area contributed by atoms with Gasteiger partial charge in [-0.25, -0.2) is 4.39 Å². The fraction of sp³-hybridized carbons (Fsp3) is 0.393. The second-order valence-corrected chi connectivity index (χ2v) is 15.7. The molecule has 4 aromatic rings. The quantitative estimate of drug-likeness (QED) is 0.252. The van der Waals surface area contributed by atoms with Crippen LogP contribution in [0.4, 0.5) is 4.39 Å². The van der Waals surface area contributed by atoms with Crippen LogP contribution in [0.5, 0.6) is 17.4 Å². The van der Waals surface area contributed by atoms with Crippen molar-refractivity contribution in [2.75, 3.05) is 7.11 Å². The van der Waals surface area contributed by atoms with Gasteiger partial charge < -0.3 is 19.3 Å². The molecule has 0 saturated carbocycles. The maximum absolute atomic E-state index is 13.8. The Morgan fingerprint density at radius 2 is 1.58 bits per heavy atom. The Morgan fingerprint density at radius 1 is 0.972 bits per heavy atom. The Balaban J connectivity index is 2.09. The third-order valence-electron chi connectivity index (χ3n) is 7.41. The molecule has 0 unspecified atom stereocenters. The lowest BCUT2D eigenvalue weighted by molar-refractivity contribution is 0.423. The van der Waals surface area contributed by atoms with Crippen LogP contribution in [0.25, 0.3) is 21.7 Å². The molecule has 2 aromatic carbocycles. The molecule has 0 aliphatic rings. The van der Waals surface area contributed by atoms with E-state index in [9.17, 15) is 14.3 Å². The molecule has 0 aliphatic carbocycles. The van der Waals surface area contributed by atoms with Crippen molar-refractivity contribution in [3.8, 4) is 17.4 Å². The minimum absolute atomic E-state index is 0.0867. The molecule has 192 valence electrons. The molecule has 0 saturated heterocycles. The van der Waals surface area contributed by atoms with Gasteiger partial charge >= 0.3 is 0 Å². The van der Waals surface area contributed by atoms with Crippen LogP contribution >= 0.6 is 0 Å². The van der Waals surface area contributed by atoms with E-state index in [4.69, 9.17) is 9.16 Å². The van der Waals surface area contributed by atoms with Crippen molar-refractivity contribution >= 4 is 30.0 Å². The van der Waals surface area contributed by atoms with E-state index in [2.05, 4.69) is 46.5 Å². The summed E-state index contributed by atoms with van der Waals surface area (Å²) in [5, 5.41) is 12.8. The smallest absolute Gasteiger partial charge is 0.265 e. The molecule has 0 fully saturated rings. The molecule has 0 atom stereocenters. The number of aromatic nitrogens is 2. The highest BCUT2D eigenvalue weighted by Crippen LogP contribution is 2.49. The summed E-state index contributed by atoms with van der Waals surface area (Å²) in [7, 11) is -0.948. The third kappa shape index (κ3) is 3.97. The number of methoxy groups -OCH3 is 1. The topological polar surface area (TPSA) is 76.5 Å². The lowest BCUT2D eigenvalue weighted by Gasteiger charge is -2.42. The Morgan fingerprint density at radius 3 is 2.14 bits per heavy atom. The van der Waals surface area contributed by atoms with Gasteiger partial charge in [0.1, 0.15) is 17.3 Å². The first-order valence-corrected chi connectivity index (χ1v) is 14.5. The van der Waals surface area contributed by atoms with Gasteiger partial charge in [0.05, 0.1) is 29.9 Å². The molecule has 36 heavy (non-hydrogen) atoms. The van der Waals surface area contributed by atoms with Crippen LogP contribution < -0.4 is 14.7 Å². The molecule has 0 amide bonds. The van der Waals surface area contributed by atoms with Gasteiger partial charge in [-0.1, -0.05) is 53.7 Å². The monoisotopic (exact) mass is 510 g/mol. The number of halogens is 1. The average molecular weight is 511 g/mol. The molecule has 0 spiro atoms. The second kappa shape index (κ2) is 9.65. The van der Waals surface area contributed by atoms with Crippen molar-refractivity contribution in [1.29, 1.82) is 0 Å². The summed E-state index contributed by atoms with van der Waals surface area (Å²) in [4.78, 5) is 17.0. The number of nitrogens with one attached hydrogen (secondary N) is 1. The van der Waals surface area contributed by atoms with E-state index < -0.39 is 8.32 Å². The molecule has 0 aliphatic heterocycles. The van der Waals surface area contributed by atoms with Gasteiger partial charge in [0.2, 0.25) is 5.88 Å². The van der Waals surface area contributed by atoms with Crippen molar-refractivity contribution in [2.24, 2.45) is 0 Å². The van der Waals surface area contributed by atoms with Gasteiger partial charge in [-0.2, -0.15) is 0 Å². The maximum atomic E-state index is 13.8. The van der Waals surface area contributed by atoms with E-state index in [0.717, 1.165) is 0 Å². The van der Waals surface area contributed by atoms with Crippen LogP contribution in [0.3, 0.4) is 0 Å². The SMILES string of the molecule is COc1c2ccc[nH]c2c(O[Si](C(C)C)(C(C)C)C(C)C)c2c(O)n(Cc3ccc(F)cc3)c(=O)c12. The summed E-state index contributed by atoms with van der Waals surface area (Å²) < 4.78 is 27.6.